The molecule has 4 atom stereocenters. The molecular formula is C32H39N3O4. The monoisotopic (exact) mass is 529 g/mol. The van der Waals surface area contributed by atoms with Crippen LogP contribution in [0.1, 0.15) is 56.2 Å². The molecule has 206 valence electrons. The van der Waals surface area contributed by atoms with Crippen molar-refractivity contribution in [2.75, 3.05) is 6.54 Å². The summed E-state index contributed by atoms with van der Waals surface area (Å²) in [5.74, 6) is -1.50. The smallest absolute Gasteiger partial charge is 0.243 e. The van der Waals surface area contributed by atoms with Crippen LogP contribution in [0.4, 0.5) is 0 Å². The summed E-state index contributed by atoms with van der Waals surface area (Å²) in [7, 11) is 0. The number of carbonyl (C=O) groups is 4. The molecule has 2 aromatic rings. The molecule has 1 aliphatic heterocycles. The average Bonchev–Trinajstić information content (AvgIpc) is 3.19. The zero-order valence-electron chi connectivity index (χ0n) is 23.1. The molecule has 7 heteroatoms. The van der Waals surface area contributed by atoms with Gasteiger partial charge in [0.2, 0.25) is 23.6 Å². The van der Waals surface area contributed by atoms with Gasteiger partial charge in [0.1, 0.15) is 6.04 Å². The van der Waals surface area contributed by atoms with Crippen LogP contribution >= 0.6 is 0 Å². The second kappa shape index (κ2) is 12.9. The van der Waals surface area contributed by atoms with Crippen molar-refractivity contribution in [2.45, 2.75) is 71.5 Å². The van der Waals surface area contributed by atoms with Crippen LogP contribution < -0.4 is 5.32 Å². The Labute approximate surface area is 231 Å². The van der Waals surface area contributed by atoms with Gasteiger partial charge in [-0.1, -0.05) is 79.2 Å². The van der Waals surface area contributed by atoms with Crippen LogP contribution in [0.2, 0.25) is 0 Å². The summed E-state index contributed by atoms with van der Waals surface area (Å²) in [5.41, 5.74) is 2.97. The Morgan fingerprint density at radius 1 is 0.949 bits per heavy atom. The molecule has 39 heavy (non-hydrogen) atoms. The van der Waals surface area contributed by atoms with E-state index in [1.807, 2.05) is 87.5 Å². The van der Waals surface area contributed by atoms with Gasteiger partial charge in [-0.15, -0.1) is 0 Å². The number of nitrogens with zero attached hydrogens (tertiary/aromatic N) is 2. The third-order valence-electron chi connectivity index (χ3n) is 7.89. The number of rotatable bonds is 11. The number of amides is 4. The summed E-state index contributed by atoms with van der Waals surface area (Å²) in [4.78, 5) is 56.3. The molecule has 1 fully saturated rings. The first-order valence-electron chi connectivity index (χ1n) is 14.0. The fourth-order valence-corrected chi connectivity index (χ4v) is 5.33. The average molecular weight is 530 g/mol. The normalized spacial score (nSPS) is 19.9. The minimum atomic E-state index is -0.744. The summed E-state index contributed by atoms with van der Waals surface area (Å²) < 4.78 is 0. The summed E-state index contributed by atoms with van der Waals surface area (Å²) in [5, 5.41) is 3.07. The van der Waals surface area contributed by atoms with Gasteiger partial charge >= 0.3 is 0 Å². The lowest BCUT2D eigenvalue weighted by molar-refractivity contribution is -0.144. The summed E-state index contributed by atoms with van der Waals surface area (Å²) >= 11 is 0. The number of allylic oxidation sites excluding steroid dienone is 2. The van der Waals surface area contributed by atoms with Gasteiger partial charge in [0.05, 0.1) is 11.8 Å². The molecule has 1 saturated heterocycles. The minimum Gasteiger partial charge on any atom is -0.352 e. The molecule has 4 amide bonds. The first kappa shape index (κ1) is 28.3. The van der Waals surface area contributed by atoms with Gasteiger partial charge in [0.25, 0.3) is 0 Å². The highest BCUT2D eigenvalue weighted by atomic mass is 16.2. The van der Waals surface area contributed by atoms with Crippen LogP contribution in [0.15, 0.2) is 66.7 Å². The number of benzene rings is 2. The third-order valence-corrected chi connectivity index (χ3v) is 7.89. The number of fused-ring (bicyclic) bond motifs is 1. The van der Waals surface area contributed by atoms with E-state index in [1.54, 1.807) is 4.90 Å². The Morgan fingerprint density at radius 3 is 2.15 bits per heavy atom. The highest BCUT2D eigenvalue weighted by Gasteiger charge is 2.47. The van der Waals surface area contributed by atoms with Crippen molar-refractivity contribution in [3.63, 3.8) is 0 Å². The molecule has 1 N–H and O–H groups in total. The van der Waals surface area contributed by atoms with Crippen LogP contribution in [-0.4, -0.2) is 52.1 Å². The lowest BCUT2D eigenvalue weighted by Crippen LogP contribution is -2.52. The Kier molecular flexibility index (Phi) is 9.33. The van der Waals surface area contributed by atoms with E-state index in [0.717, 1.165) is 23.1 Å². The maximum atomic E-state index is 13.9. The molecule has 0 saturated carbocycles. The van der Waals surface area contributed by atoms with Crippen molar-refractivity contribution >= 4 is 23.6 Å². The summed E-state index contributed by atoms with van der Waals surface area (Å²) in [6.45, 7) is 6.23. The van der Waals surface area contributed by atoms with E-state index in [0.29, 0.717) is 19.3 Å². The first-order valence-corrected chi connectivity index (χ1v) is 14.0. The Morgan fingerprint density at radius 2 is 1.56 bits per heavy atom. The van der Waals surface area contributed by atoms with E-state index < -0.39 is 6.04 Å². The lowest BCUT2D eigenvalue weighted by atomic mass is 9.85. The van der Waals surface area contributed by atoms with E-state index >= 15 is 0 Å². The van der Waals surface area contributed by atoms with Crippen molar-refractivity contribution in [3.05, 3.63) is 83.4 Å². The van der Waals surface area contributed by atoms with Gasteiger partial charge in [-0.05, 0) is 44.2 Å². The summed E-state index contributed by atoms with van der Waals surface area (Å²) in [6, 6.07) is 16.8. The number of aryl methyl sites for hydroxylation is 1. The SMILES string of the molecule is CC[C@@H](C)NC(=O)[C@@H](Cc1ccccc1)N(Cc1ccc(C)cc1)C(=O)CCN1C(=O)[C@H]2CC=CC[C@H]2C1=O. The van der Waals surface area contributed by atoms with Crippen molar-refractivity contribution in [1.29, 1.82) is 0 Å². The second-order valence-electron chi connectivity index (χ2n) is 10.8. The third kappa shape index (κ3) is 6.83. The second-order valence-corrected chi connectivity index (χ2v) is 10.8. The predicted octanol–water partition coefficient (Wildman–Crippen LogP) is 4.19. The molecule has 1 aliphatic carbocycles. The van der Waals surface area contributed by atoms with Crippen LogP contribution in [0.3, 0.4) is 0 Å². The van der Waals surface area contributed by atoms with E-state index in [1.165, 1.54) is 4.90 Å². The maximum absolute atomic E-state index is 13.9. The zero-order chi connectivity index (χ0) is 27.9. The maximum Gasteiger partial charge on any atom is 0.243 e. The van der Waals surface area contributed by atoms with Gasteiger partial charge in [-0.25, -0.2) is 0 Å². The highest BCUT2D eigenvalue weighted by Crippen LogP contribution is 2.35. The molecule has 0 aromatic heterocycles. The first-order chi connectivity index (χ1) is 18.8. The molecule has 0 unspecified atom stereocenters. The zero-order valence-corrected chi connectivity index (χ0v) is 23.1. The topological polar surface area (TPSA) is 86.8 Å². The number of carbonyl (C=O) groups excluding carboxylic acids is 4. The van der Waals surface area contributed by atoms with Gasteiger partial charge in [-0.3, -0.25) is 24.1 Å². The number of likely N-dealkylation sites (tertiary alicyclic amines) is 1. The molecule has 4 rings (SSSR count). The van der Waals surface area contributed by atoms with E-state index in [-0.39, 0.29) is 61.0 Å². The molecule has 0 bridgehead atoms. The molecule has 0 radical (unpaired) electrons. The van der Waals surface area contributed by atoms with Crippen molar-refractivity contribution in [3.8, 4) is 0 Å². The van der Waals surface area contributed by atoms with Gasteiger partial charge < -0.3 is 10.2 Å². The number of imide groups is 1. The lowest BCUT2D eigenvalue weighted by Gasteiger charge is -2.33. The van der Waals surface area contributed by atoms with Gasteiger partial charge in [0.15, 0.2) is 0 Å². The number of hydrogen-bond donors (Lipinski definition) is 1. The standard InChI is InChI=1S/C32H39N3O4/c1-4-23(3)33-30(37)28(20-24-10-6-5-7-11-24)35(21-25-16-14-22(2)15-17-25)29(36)18-19-34-31(38)26-12-8-9-13-27(26)32(34)39/h5-11,14-17,23,26-28H,4,12-13,18-21H2,1-3H3,(H,33,37)/t23-,26-,27+,28-/m1/s1. The van der Waals surface area contributed by atoms with E-state index in [4.69, 9.17) is 0 Å². The molecule has 0 spiro atoms. The quantitative estimate of drug-likeness (QED) is 0.349. The van der Waals surface area contributed by atoms with Gasteiger partial charge in [0, 0.05) is 32.0 Å². The fourth-order valence-electron chi connectivity index (χ4n) is 5.33. The van der Waals surface area contributed by atoms with Crippen LogP contribution in [0.25, 0.3) is 0 Å². The van der Waals surface area contributed by atoms with Gasteiger partial charge in [-0.2, -0.15) is 0 Å². The molecular weight excluding hydrogens is 490 g/mol. The van der Waals surface area contributed by atoms with Crippen LogP contribution in [0.5, 0.6) is 0 Å². The molecule has 2 aromatic carbocycles. The Hall–Kier alpha value is -3.74. The summed E-state index contributed by atoms with van der Waals surface area (Å²) in [6.07, 6.45) is 6.13. The molecule has 2 aliphatic rings. The Balaban J connectivity index is 1.58. The van der Waals surface area contributed by atoms with Crippen molar-refractivity contribution in [2.24, 2.45) is 11.8 Å². The number of nitrogens with one attached hydrogen (secondary N) is 1. The molecule has 1 heterocycles. The van der Waals surface area contributed by atoms with Crippen molar-refractivity contribution in [1.82, 2.24) is 15.1 Å². The van der Waals surface area contributed by atoms with E-state index in [2.05, 4.69) is 5.32 Å². The fraction of sp³-hybridized carbons (Fsp3) is 0.438. The Bertz CT molecular complexity index is 1180. The number of hydrogen-bond acceptors (Lipinski definition) is 4. The highest BCUT2D eigenvalue weighted by molar-refractivity contribution is 6.05. The van der Waals surface area contributed by atoms with Crippen molar-refractivity contribution < 1.29 is 19.2 Å². The molecule has 7 nitrogen and oxygen atoms in total. The van der Waals surface area contributed by atoms with Crippen LogP contribution in [0, 0.1) is 18.8 Å². The van der Waals surface area contributed by atoms with E-state index in [9.17, 15) is 19.2 Å². The largest absolute Gasteiger partial charge is 0.352 e. The predicted molar refractivity (Wildman–Crippen MR) is 150 cm³/mol. The van der Waals surface area contributed by atoms with Crippen LogP contribution in [-0.2, 0) is 32.1 Å². The minimum absolute atomic E-state index is 0.0267.